The van der Waals surface area contributed by atoms with Gasteiger partial charge in [-0.15, -0.1) is 20.4 Å². The summed E-state index contributed by atoms with van der Waals surface area (Å²) in [5.74, 6) is 3.54. The van der Waals surface area contributed by atoms with Crippen molar-refractivity contribution in [3.8, 4) is 51.6 Å². The second-order valence-corrected chi connectivity index (χ2v) is 15.4. The minimum Gasteiger partial charge on any atom is -0.489 e. The molecule has 7 nitrogen and oxygen atoms in total. The Morgan fingerprint density at radius 3 is 1.61 bits per heavy atom. The lowest BCUT2D eigenvalue weighted by Crippen LogP contribution is -2.16. The first kappa shape index (κ1) is 33.8. The molecule has 1 atom stereocenters. The van der Waals surface area contributed by atoms with Crippen LogP contribution in [0.15, 0.2) is 106 Å². The molecule has 7 heteroatoms. The molecule has 252 valence electrons. The summed E-state index contributed by atoms with van der Waals surface area (Å²) in [7, 11) is 0. The number of nitrogens with zero attached hydrogens (tertiary/aromatic N) is 4. The Bertz CT molecular complexity index is 1990. The van der Waals surface area contributed by atoms with Gasteiger partial charge in [-0.05, 0) is 94.3 Å². The van der Waals surface area contributed by atoms with Crippen molar-refractivity contribution < 1.29 is 13.6 Å². The fourth-order valence-corrected chi connectivity index (χ4v) is 5.96. The van der Waals surface area contributed by atoms with E-state index in [0.717, 1.165) is 40.0 Å². The van der Waals surface area contributed by atoms with Crippen LogP contribution in [0, 0.1) is 11.3 Å². The highest BCUT2D eigenvalue weighted by atomic mass is 16.5. The van der Waals surface area contributed by atoms with Gasteiger partial charge in [0.1, 0.15) is 12.4 Å². The van der Waals surface area contributed by atoms with Crippen LogP contribution in [0.4, 0.5) is 0 Å². The summed E-state index contributed by atoms with van der Waals surface area (Å²) in [4.78, 5) is 0. The van der Waals surface area contributed by atoms with Gasteiger partial charge in [0.15, 0.2) is 0 Å². The van der Waals surface area contributed by atoms with Crippen molar-refractivity contribution in [3.63, 3.8) is 0 Å². The molecule has 2 aromatic heterocycles. The van der Waals surface area contributed by atoms with Crippen LogP contribution in [0.2, 0.25) is 0 Å². The Morgan fingerprint density at radius 2 is 1.10 bits per heavy atom. The molecule has 0 spiro atoms. The zero-order valence-corrected chi connectivity index (χ0v) is 29.8. The molecule has 0 N–H and O–H groups in total. The van der Waals surface area contributed by atoms with Gasteiger partial charge in [0.05, 0.1) is 0 Å². The predicted octanol–water partition coefficient (Wildman–Crippen LogP) is 11.2. The zero-order valence-electron chi connectivity index (χ0n) is 29.8. The van der Waals surface area contributed by atoms with Crippen LogP contribution in [-0.2, 0) is 12.0 Å². The first-order valence-corrected chi connectivity index (χ1v) is 17.0. The van der Waals surface area contributed by atoms with Crippen molar-refractivity contribution in [2.45, 2.75) is 79.8 Å². The number of rotatable bonds is 10. The summed E-state index contributed by atoms with van der Waals surface area (Å²) >= 11 is 0. The number of benzene rings is 4. The van der Waals surface area contributed by atoms with Crippen molar-refractivity contribution in [1.82, 2.24) is 20.4 Å². The normalized spacial score (nSPS) is 12.8. The number of hydrogen-bond acceptors (Lipinski definition) is 7. The van der Waals surface area contributed by atoms with Gasteiger partial charge in [-0.1, -0.05) is 104 Å². The largest absolute Gasteiger partial charge is 0.489 e. The molecule has 4 aromatic carbocycles. The molecule has 0 fully saturated rings. The standard InChI is InChI=1S/C42H46N4O3/c1-27(2)36(25-41(3,4)5)29-17-15-28(16-18-29)26-47-35-14-10-13-33(24-35)40-46-45-39(49-40)32-12-9-11-31(23-32)38-44-43-37(48-38)30-19-21-34(22-20-30)42(6,7)8/h9-24,27,36H,25-26H2,1-8H3. The molecule has 0 amide bonds. The fourth-order valence-electron chi connectivity index (χ4n) is 5.96. The van der Waals surface area contributed by atoms with Gasteiger partial charge < -0.3 is 13.6 Å². The molecule has 6 rings (SSSR count). The molecule has 0 aliphatic rings. The minimum atomic E-state index is 0.0706. The Hall–Kier alpha value is -5.04. The predicted molar refractivity (Wildman–Crippen MR) is 195 cm³/mol. The first-order valence-electron chi connectivity index (χ1n) is 17.0. The molecule has 0 saturated heterocycles. The summed E-state index contributed by atoms with van der Waals surface area (Å²) in [5, 5.41) is 17.3. The molecule has 49 heavy (non-hydrogen) atoms. The van der Waals surface area contributed by atoms with E-state index in [2.05, 4.69) is 112 Å². The lowest BCUT2D eigenvalue weighted by molar-refractivity contribution is 0.299. The van der Waals surface area contributed by atoms with Crippen molar-refractivity contribution >= 4 is 0 Å². The number of ether oxygens (including phenoxy) is 1. The third kappa shape index (κ3) is 8.34. The lowest BCUT2D eigenvalue weighted by Gasteiger charge is -2.29. The van der Waals surface area contributed by atoms with E-state index in [9.17, 15) is 0 Å². The van der Waals surface area contributed by atoms with E-state index in [1.807, 2.05) is 60.7 Å². The van der Waals surface area contributed by atoms with Gasteiger partial charge in [-0.3, -0.25) is 0 Å². The molecule has 2 heterocycles. The summed E-state index contributed by atoms with van der Waals surface area (Å²) < 4.78 is 18.4. The molecule has 0 bridgehead atoms. The van der Waals surface area contributed by atoms with Crippen LogP contribution in [0.25, 0.3) is 45.8 Å². The average Bonchev–Trinajstić information content (AvgIpc) is 3.78. The van der Waals surface area contributed by atoms with Gasteiger partial charge >= 0.3 is 0 Å². The van der Waals surface area contributed by atoms with Gasteiger partial charge in [-0.25, -0.2) is 0 Å². The van der Waals surface area contributed by atoms with E-state index in [1.165, 1.54) is 11.1 Å². The second-order valence-electron chi connectivity index (χ2n) is 15.4. The SMILES string of the molecule is CC(C)C(CC(C)(C)C)c1ccc(COc2cccc(-c3nnc(-c4cccc(-c5nnc(-c6ccc(C(C)(C)C)cc6)o5)c4)o3)c2)cc1. The van der Waals surface area contributed by atoms with Gasteiger partial charge in [0.25, 0.3) is 0 Å². The van der Waals surface area contributed by atoms with Gasteiger partial charge in [0, 0.05) is 22.3 Å². The van der Waals surface area contributed by atoms with E-state index in [4.69, 9.17) is 13.6 Å². The molecular formula is C42H46N4O3. The third-order valence-corrected chi connectivity index (χ3v) is 8.74. The van der Waals surface area contributed by atoms with Crippen LogP contribution in [-0.4, -0.2) is 20.4 Å². The molecule has 0 saturated carbocycles. The van der Waals surface area contributed by atoms with Crippen LogP contribution < -0.4 is 4.74 Å². The molecule has 1 unspecified atom stereocenters. The fraction of sp³-hybridized carbons (Fsp3) is 0.333. The van der Waals surface area contributed by atoms with Crippen molar-refractivity contribution in [3.05, 3.63) is 114 Å². The minimum absolute atomic E-state index is 0.0706. The maximum absolute atomic E-state index is 6.18. The summed E-state index contributed by atoms with van der Waals surface area (Å²) in [5.41, 5.74) is 7.28. The molecule has 6 aromatic rings. The summed E-state index contributed by atoms with van der Waals surface area (Å²) in [6, 6.07) is 32.5. The van der Waals surface area contributed by atoms with Gasteiger partial charge in [0.2, 0.25) is 23.6 Å². The van der Waals surface area contributed by atoms with Crippen LogP contribution in [0.5, 0.6) is 5.75 Å². The number of aromatic nitrogens is 4. The van der Waals surface area contributed by atoms with Crippen molar-refractivity contribution in [2.24, 2.45) is 11.3 Å². The second kappa shape index (κ2) is 13.8. The maximum atomic E-state index is 6.18. The monoisotopic (exact) mass is 654 g/mol. The Morgan fingerprint density at radius 1 is 0.592 bits per heavy atom. The molecule has 0 radical (unpaired) electrons. The quantitative estimate of drug-likeness (QED) is 0.145. The third-order valence-electron chi connectivity index (χ3n) is 8.74. The van der Waals surface area contributed by atoms with E-state index in [-0.39, 0.29) is 10.8 Å². The van der Waals surface area contributed by atoms with Crippen molar-refractivity contribution in [1.29, 1.82) is 0 Å². The summed E-state index contributed by atoms with van der Waals surface area (Å²) in [6.07, 6.45) is 1.16. The lowest BCUT2D eigenvalue weighted by atomic mass is 9.76. The zero-order chi connectivity index (χ0) is 34.8. The Kier molecular flexibility index (Phi) is 9.55. The number of hydrogen-bond donors (Lipinski definition) is 0. The highest BCUT2D eigenvalue weighted by molar-refractivity contribution is 5.66. The van der Waals surface area contributed by atoms with Crippen LogP contribution in [0.3, 0.4) is 0 Å². The molecule has 0 aliphatic carbocycles. The maximum Gasteiger partial charge on any atom is 0.248 e. The Labute approximate surface area is 289 Å². The van der Waals surface area contributed by atoms with Gasteiger partial charge in [-0.2, -0.15) is 0 Å². The molecule has 0 aliphatic heterocycles. The van der Waals surface area contributed by atoms with Crippen LogP contribution in [0.1, 0.15) is 84.4 Å². The van der Waals surface area contributed by atoms with Crippen molar-refractivity contribution in [2.75, 3.05) is 0 Å². The summed E-state index contributed by atoms with van der Waals surface area (Å²) in [6.45, 7) is 18.6. The highest BCUT2D eigenvalue weighted by Crippen LogP contribution is 2.37. The highest BCUT2D eigenvalue weighted by Gasteiger charge is 2.23. The van der Waals surface area contributed by atoms with Crippen LogP contribution >= 0.6 is 0 Å². The smallest absolute Gasteiger partial charge is 0.248 e. The van der Waals surface area contributed by atoms with E-state index in [1.54, 1.807) is 0 Å². The first-order chi connectivity index (χ1) is 23.3. The van der Waals surface area contributed by atoms with E-state index >= 15 is 0 Å². The Balaban J connectivity index is 1.12. The van der Waals surface area contributed by atoms with E-state index in [0.29, 0.717) is 42.0 Å². The molecular weight excluding hydrogens is 608 g/mol. The van der Waals surface area contributed by atoms with E-state index < -0.39 is 0 Å². The topological polar surface area (TPSA) is 87.1 Å². The average molecular weight is 655 g/mol.